The zero-order valence-electron chi connectivity index (χ0n) is 10.3. The Labute approximate surface area is 123 Å². The molecule has 2 aromatic rings. The van der Waals surface area contributed by atoms with Crippen LogP contribution in [-0.4, -0.2) is 21.0 Å². The van der Waals surface area contributed by atoms with Crippen LogP contribution in [0.3, 0.4) is 0 Å². The van der Waals surface area contributed by atoms with Gasteiger partial charge in [0.2, 0.25) is 0 Å². The molecule has 0 fully saturated rings. The van der Waals surface area contributed by atoms with E-state index in [0.717, 1.165) is 0 Å². The predicted molar refractivity (Wildman–Crippen MR) is 72.7 cm³/mol. The summed E-state index contributed by atoms with van der Waals surface area (Å²) in [5.41, 5.74) is 6.26. The molecule has 1 amide bonds. The molecule has 0 saturated heterocycles. The van der Waals surface area contributed by atoms with Crippen LogP contribution in [0.15, 0.2) is 35.5 Å². The van der Waals surface area contributed by atoms with Gasteiger partial charge in [-0.2, -0.15) is 0 Å². The van der Waals surface area contributed by atoms with E-state index in [4.69, 9.17) is 15.2 Å². The molecule has 0 aliphatic carbocycles. The molecule has 0 spiro atoms. The summed E-state index contributed by atoms with van der Waals surface area (Å²) >= 11 is 3.23. The highest BCUT2D eigenvalue weighted by Crippen LogP contribution is 2.18. The van der Waals surface area contributed by atoms with Crippen molar-refractivity contribution >= 4 is 22.0 Å². The second kappa shape index (κ2) is 6.80. The molecule has 7 nitrogen and oxygen atoms in total. The SMILES string of the molecule is NC(=O)OCc1ccncc1OCc1cncc(Br)n1. The van der Waals surface area contributed by atoms with Gasteiger partial charge >= 0.3 is 6.09 Å². The van der Waals surface area contributed by atoms with Crippen LogP contribution in [0.25, 0.3) is 0 Å². The van der Waals surface area contributed by atoms with Gasteiger partial charge in [-0.1, -0.05) is 0 Å². The average Bonchev–Trinajstić information content (AvgIpc) is 2.44. The second-order valence-electron chi connectivity index (χ2n) is 3.71. The van der Waals surface area contributed by atoms with E-state index in [1.807, 2.05) is 0 Å². The standard InChI is InChI=1S/C12H11BrN4O3/c13-11-5-16-3-9(17-11)7-19-10-4-15-2-1-8(10)6-20-12(14)18/h1-5H,6-7H2,(H2,14,18). The van der Waals surface area contributed by atoms with Gasteiger partial charge in [-0.05, 0) is 22.0 Å². The quantitative estimate of drug-likeness (QED) is 0.892. The van der Waals surface area contributed by atoms with Crippen molar-refractivity contribution in [1.29, 1.82) is 0 Å². The number of rotatable bonds is 5. The fraction of sp³-hybridized carbons (Fsp3) is 0.167. The van der Waals surface area contributed by atoms with Gasteiger partial charge in [0.15, 0.2) is 0 Å². The van der Waals surface area contributed by atoms with Gasteiger partial charge in [0.25, 0.3) is 0 Å². The third kappa shape index (κ3) is 4.16. The van der Waals surface area contributed by atoms with Crippen LogP contribution >= 0.6 is 15.9 Å². The highest BCUT2D eigenvalue weighted by atomic mass is 79.9. The maximum absolute atomic E-state index is 10.6. The minimum Gasteiger partial charge on any atom is -0.485 e. The summed E-state index contributed by atoms with van der Waals surface area (Å²) in [7, 11) is 0. The van der Waals surface area contributed by atoms with E-state index < -0.39 is 6.09 Å². The number of nitrogens with zero attached hydrogens (tertiary/aromatic N) is 3. The van der Waals surface area contributed by atoms with E-state index in [-0.39, 0.29) is 13.2 Å². The Morgan fingerprint density at radius 3 is 2.85 bits per heavy atom. The van der Waals surface area contributed by atoms with Crippen LogP contribution in [0.5, 0.6) is 5.75 Å². The monoisotopic (exact) mass is 338 g/mol. The molecular weight excluding hydrogens is 328 g/mol. The number of primary amides is 1. The first kappa shape index (κ1) is 14.2. The summed E-state index contributed by atoms with van der Waals surface area (Å²) in [6.07, 6.45) is 5.45. The van der Waals surface area contributed by atoms with Crippen LogP contribution < -0.4 is 10.5 Å². The Morgan fingerprint density at radius 1 is 1.25 bits per heavy atom. The van der Waals surface area contributed by atoms with Gasteiger partial charge in [0.1, 0.15) is 23.6 Å². The molecule has 104 valence electrons. The predicted octanol–water partition coefficient (Wildman–Crippen LogP) is 1.81. The lowest BCUT2D eigenvalue weighted by Crippen LogP contribution is -2.13. The largest absolute Gasteiger partial charge is 0.485 e. The van der Waals surface area contributed by atoms with Crippen molar-refractivity contribution in [2.24, 2.45) is 5.73 Å². The number of carbonyl (C=O) groups is 1. The number of ether oxygens (including phenoxy) is 2. The van der Waals surface area contributed by atoms with Crippen molar-refractivity contribution < 1.29 is 14.3 Å². The molecule has 20 heavy (non-hydrogen) atoms. The van der Waals surface area contributed by atoms with Gasteiger partial charge in [0.05, 0.1) is 24.3 Å². The fourth-order valence-electron chi connectivity index (χ4n) is 1.41. The van der Waals surface area contributed by atoms with E-state index in [9.17, 15) is 4.79 Å². The summed E-state index contributed by atoms with van der Waals surface area (Å²) in [5.74, 6) is 0.496. The molecule has 2 N–H and O–H groups in total. The number of nitrogens with two attached hydrogens (primary N) is 1. The molecule has 0 radical (unpaired) electrons. The number of halogens is 1. The zero-order valence-corrected chi connectivity index (χ0v) is 11.9. The second-order valence-corrected chi connectivity index (χ2v) is 4.53. The fourth-order valence-corrected chi connectivity index (χ4v) is 1.75. The Kier molecular flexibility index (Phi) is 4.83. The van der Waals surface area contributed by atoms with Crippen molar-refractivity contribution in [3.05, 3.63) is 46.7 Å². The Balaban J connectivity index is 2.03. The molecule has 0 atom stereocenters. The molecule has 0 unspecified atom stereocenters. The van der Waals surface area contributed by atoms with E-state index in [1.54, 1.807) is 24.7 Å². The summed E-state index contributed by atoms with van der Waals surface area (Å²) in [4.78, 5) is 22.8. The molecule has 0 aliphatic heterocycles. The molecular formula is C12H11BrN4O3. The molecule has 2 heterocycles. The number of hydrogen-bond donors (Lipinski definition) is 1. The summed E-state index contributed by atoms with van der Waals surface area (Å²) in [6.45, 7) is 0.249. The van der Waals surface area contributed by atoms with E-state index >= 15 is 0 Å². The number of carbonyl (C=O) groups excluding carboxylic acids is 1. The lowest BCUT2D eigenvalue weighted by Gasteiger charge is -2.10. The number of amides is 1. The van der Waals surface area contributed by atoms with Crippen LogP contribution in [0, 0.1) is 0 Å². The third-order valence-corrected chi connectivity index (χ3v) is 2.65. The maximum atomic E-state index is 10.6. The van der Waals surface area contributed by atoms with E-state index in [2.05, 4.69) is 30.9 Å². The first-order chi connectivity index (χ1) is 9.65. The van der Waals surface area contributed by atoms with Gasteiger partial charge in [-0.3, -0.25) is 9.97 Å². The summed E-state index contributed by atoms with van der Waals surface area (Å²) < 4.78 is 11.0. The molecule has 2 rings (SSSR count). The van der Waals surface area contributed by atoms with Gasteiger partial charge < -0.3 is 15.2 Å². The van der Waals surface area contributed by atoms with Crippen molar-refractivity contribution in [1.82, 2.24) is 15.0 Å². The van der Waals surface area contributed by atoms with Crippen molar-refractivity contribution in [2.45, 2.75) is 13.2 Å². The topological polar surface area (TPSA) is 100 Å². The molecule has 0 saturated carbocycles. The lowest BCUT2D eigenvalue weighted by molar-refractivity contribution is 0.148. The smallest absolute Gasteiger partial charge is 0.404 e. The first-order valence-corrected chi connectivity index (χ1v) is 6.39. The van der Waals surface area contributed by atoms with E-state index in [0.29, 0.717) is 21.6 Å². The molecule has 8 heteroatoms. The molecule has 2 aromatic heterocycles. The average molecular weight is 339 g/mol. The number of pyridine rings is 1. The summed E-state index contributed by atoms with van der Waals surface area (Å²) in [5, 5.41) is 0. The van der Waals surface area contributed by atoms with Crippen molar-refractivity contribution in [2.75, 3.05) is 0 Å². The highest BCUT2D eigenvalue weighted by molar-refractivity contribution is 9.10. The van der Waals surface area contributed by atoms with Crippen LogP contribution in [0.2, 0.25) is 0 Å². The van der Waals surface area contributed by atoms with Gasteiger partial charge in [-0.15, -0.1) is 0 Å². The minimum absolute atomic E-state index is 0.0251. The minimum atomic E-state index is -0.842. The normalized spacial score (nSPS) is 10.1. The van der Waals surface area contributed by atoms with E-state index in [1.165, 1.54) is 6.20 Å². The molecule has 0 aromatic carbocycles. The zero-order chi connectivity index (χ0) is 14.4. The van der Waals surface area contributed by atoms with Crippen molar-refractivity contribution in [3.63, 3.8) is 0 Å². The van der Waals surface area contributed by atoms with Gasteiger partial charge in [0, 0.05) is 11.8 Å². The van der Waals surface area contributed by atoms with Crippen molar-refractivity contribution in [3.8, 4) is 5.75 Å². The maximum Gasteiger partial charge on any atom is 0.404 e. The molecule has 0 bridgehead atoms. The lowest BCUT2D eigenvalue weighted by atomic mass is 10.2. The first-order valence-electron chi connectivity index (χ1n) is 5.59. The third-order valence-electron chi connectivity index (χ3n) is 2.27. The highest BCUT2D eigenvalue weighted by Gasteiger charge is 2.07. The Bertz CT molecular complexity index is 609. The molecule has 0 aliphatic rings. The van der Waals surface area contributed by atoms with Crippen LogP contribution in [-0.2, 0) is 18.0 Å². The number of hydrogen-bond acceptors (Lipinski definition) is 6. The number of aromatic nitrogens is 3. The Morgan fingerprint density at radius 2 is 2.10 bits per heavy atom. The van der Waals surface area contributed by atoms with Crippen LogP contribution in [0.1, 0.15) is 11.3 Å². The Hall–Kier alpha value is -2.22. The van der Waals surface area contributed by atoms with Crippen LogP contribution in [0.4, 0.5) is 4.79 Å². The van der Waals surface area contributed by atoms with Gasteiger partial charge in [-0.25, -0.2) is 9.78 Å². The summed E-state index contributed by atoms with van der Waals surface area (Å²) in [6, 6.07) is 1.69.